The van der Waals surface area contributed by atoms with Crippen molar-refractivity contribution >= 4 is 16.7 Å². The van der Waals surface area contributed by atoms with Gasteiger partial charge in [0.15, 0.2) is 0 Å². The standard InChI is InChI=1S/C27H30FNO2/c1-19(30)6-2-3-9-24(21-13-15-23(28)16-14-21)27(31-18-20-11-12-20)25-10-4-7-22-8-5-17-29-26(22)25/h4-5,7-8,10,13-17,20,24,27H,2-3,6,9,11-12,18H2,1H3/t24-,27+/m1/s1. The number of para-hydroxylation sites is 1. The Labute approximate surface area is 183 Å². The van der Waals surface area contributed by atoms with E-state index in [1.807, 2.05) is 24.4 Å². The number of Topliss-reactive ketones (excluding diaryl/α,β-unsaturated/α-hetero) is 1. The summed E-state index contributed by atoms with van der Waals surface area (Å²) >= 11 is 0. The first kappa shape index (κ1) is 21.6. The van der Waals surface area contributed by atoms with Crippen LogP contribution in [0.3, 0.4) is 0 Å². The van der Waals surface area contributed by atoms with Gasteiger partial charge in [-0.3, -0.25) is 4.98 Å². The summed E-state index contributed by atoms with van der Waals surface area (Å²) in [6.07, 6.45) is 7.35. The Kier molecular flexibility index (Phi) is 7.08. The number of halogens is 1. The lowest BCUT2D eigenvalue weighted by molar-refractivity contribution is -0.117. The third-order valence-electron chi connectivity index (χ3n) is 6.14. The molecule has 0 amide bonds. The molecule has 31 heavy (non-hydrogen) atoms. The number of carbonyl (C=O) groups excluding carboxylic acids is 1. The zero-order valence-corrected chi connectivity index (χ0v) is 18.1. The smallest absolute Gasteiger partial charge is 0.129 e. The molecular formula is C27H30FNO2. The number of unbranched alkanes of at least 4 members (excludes halogenated alkanes) is 1. The van der Waals surface area contributed by atoms with Crippen LogP contribution in [0.1, 0.15) is 68.6 Å². The SMILES string of the molecule is CC(=O)CCCC[C@H](c1ccc(F)cc1)[C@H](OCC1CC1)c1cccc2cccnc12. The third kappa shape index (κ3) is 5.76. The van der Waals surface area contributed by atoms with Gasteiger partial charge in [-0.05, 0) is 62.3 Å². The van der Waals surface area contributed by atoms with Crippen LogP contribution in [0, 0.1) is 11.7 Å². The minimum absolute atomic E-state index is 0.0684. The second kappa shape index (κ2) is 10.1. The van der Waals surface area contributed by atoms with Gasteiger partial charge in [-0.2, -0.15) is 0 Å². The van der Waals surface area contributed by atoms with Crippen LogP contribution in [-0.2, 0) is 9.53 Å². The van der Waals surface area contributed by atoms with Crippen molar-refractivity contribution in [2.24, 2.45) is 5.92 Å². The van der Waals surface area contributed by atoms with Gasteiger partial charge in [0.1, 0.15) is 11.6 Å². The predicted molar refractivity (Wildman–Crippen MR) is 121 cm³/mol. The largest absolute Gasteiger partial charge is 0.373 e. The summed E-state index contributed by atoms with van der Waals surface area (Å²) in [5.74, 6) is 0.690. The van der Waals surface area contributed by atoms with E-state index in [4.69, 9.17) is 4.74 Å². The Morgan fingerprint density at radius 3 is 2.61 bits per heavy atom. The summed E-state index contributed by atoms with van der Waals surface area (Å²) in [5, 5.41) is 1.09. The van der Waals surface area contributed by atoms with Gasteiger partial charge in [0.2, 0.25) is 0 Å². The van der Waals surface area contributed by atoms with E-state index in [9.17, 15) is 9.18 Å². The number of fused-ring (bicyclic) bond motifs is 1. The van der Waals surface area contributed by atoms with Crippen LogP contribution in [0.4, 0.5) is 4.39 Å². The van der Waals surface area contributed by atoms with Gasteiger partial charge in [0.05, 0.1) is 18.2 Å². The first-order chi connectivity index (χ1) is 15.1. The van der Waals surface area contributed by atoms with Crippen molar-refractivity contribution in [2.45, 2.75) is 57.5 Å². The quantitative estimate of drug-likeness (QED) is 0.322. The van der Waals surface area contributed by atoms with Crippen LogP contribution < -0.4 is 0 Å². The molecule has 2 atom stereocenters. The summed E-state index contributed by atoms with van der Waals surface area (Å²) in [6, 6.07) is 17.1. The van der Waals surface area contributed by atoms with Gasteiger partial charge in [-0.25, -0.2) is 4.39 Å². The fraction of sp³-hybridized carbons (Fsp3) is 0.407. The second-order valence-corrected chi connectivity index (χ2v) is 8.73. The molecule has 0 spiro atoms. The maximum absolute atomic E-state index is 13.7. The molecule has 0 radical (unpaired) electrons. The molecule has 0 unspecified atom stereocenters. The summed E-state index contributed by atoms with van der Waals surface area (Å²) in [7, 11) is 0. The van der Waals surface area contributed by atoms with E-state index in [1.54, 1.807) is 6.92 Å². The first-order valence-electron chi connectivity index (χ1n) is 11.3. The molecule has 3 aromatic rings. The molecule has 1 aliphatic carbocycles. The van der Waals surface area contributed by atoms with Crippen LogP contribution in [0.5, 0.6) is 0 Å². The summed E-state index contributed by atoms with van der Waals surface area (Å²) in [5.41, 5.74) is 3.11. The number of pyridine rings is 1. The molecule has 1 fully saturated rings. The lowest BCUT2D eigenvalue weighted by atomic mass is 9.84. The predicted octanol–water partition coefficient (Wildman–Crippen LogP) is 6.77. The van der Waals surface area contributed by atoms with Crippen molar-refractivity contribution < 1.29 is 13.9 Å². The van der Waals surface area contributed by atoms with Gasteiger partial charge in [-0.15, -0.1) is 0 Å². The van der Waals surface area contributed by atoms with Crippen molar-refractivity contribution in [3.63, 3.8) is 0 Å². The van der Waals surface area contributed by atoms with Crippen molar-refractivity contribution in [2.75, 3.05) is 6.61 Å². The summed E-state index contributed by atoms with van der Waals surface area (Å²) < 4.78 is 20.2. The second-order valence-electron chi connectivity index (χ2n) is 8.73. The zero-order chi connectivity index (χ0) is 21.6. The van der Waals surface area contributed by atoms with E-state index in [2.05, 4.69) is 29.2 Å². The first-order valence-corrected chi connectivity index (χ1v) is 11.3. The molecule has 4 rings (SSSR count). The molecule has 0 N–H and O–H groups in total. The molecule has 3 nitrogen and oxygen atoms in total. The topological polar surface area (TPSA) is 39.2 Å². The van der Waals surface area contributed by atoms with Crippen LogP contribution in [0.25, 0.3) is 10.9 Å². The molecule has 1 heterocycles. The highest BCUT2D eigenvalue weighted by Gasteiger charge is 2.30. The molecule has 0 saturated heterocycles. The Morgan fingerprint density at radius 1 is 1.10 bits per heavy atom. The Hall–Kier alpha value is -2.59. The normalized spacial score (nSPS) is 15.7. The van der Waals surface area contributed by atoms with Crippen molar-refractivity contribution in [3.05, 3.63) is 77.7 Å². The molecule has 0 aliphatic heterocycles. The van der Waals surface area contributed by atoms with Gasteiger partial charge >= 0.3 is 0 Å². The highest BCUT2D eigenvalue weighted by atomic mass is 19.1. The van der Waals surface area contributed by atoms with Gasteiger partial charge in [0.25, 0.3) is 0 Å². The maximum atomic E-state index is 13.7. The van der Waals surface area contributed by atoms with Crippen LogP contribution in [-0.4, -0.2) is 17.4 Å². The number of ether oxygens (including phenoxy) is 1. The third-order valence-corrected chi connectivity index (χ3v) is 6.14. The Balaban J connectivity index is 1.69. The Bertz CT molecular complexity index is 1010. The van der Waals surface area contributed by atoms with E-state index < -0.39 is 0 Å². The fourth-order valence-corrected chi connectivity index (χ4v) is 4.25. The number of hydrogen-bond donors (Lipinski definition) is 0. The average molecular weight is 420 g/mol. The van der Waals surface area contributed by atoms with Crippen molar-refractivity contribution in [1.82, 2.24) is 4.98 Å². The van der Waals surface area contributed by atoms with E-state index >= 15 is 0 Å². The van der Waals surface area contributed by atoms with Crippen LogP contribution in [0.15, 0.2) is 60.8 Å². The van der Waals surface area contributed by atoms with Crippen molar-refractivity contribution in [3.8, 4) is 0 Å². The van der Waals surface area contributed by atoms with Gasteiger partial charge in [-0.1, -0.05) is 42.8 Å². The number of benzene rings is 2. The molecule has 4 heteroatoms. The molecule has 1 aromatic heterocycles. The number of ketones is 1. The number of nitrogens with zero attached hydrogens (tertiary/aromatic N) is 1. The molecule has 0 bridgehead atoms. The lowest BCUT2D eigenvalue weighted by Gasteiger charge is -2.29. The molecule has 1 aliphatic rings. The van der Waals surface area contributed by atoms with Crippen molar-refractivity contribution in [1.29, 1.82) is 0 Å². The van der Waals surface area contributed by atoms with E-state index in [1.165, 1.54) is 25.0 Å². The van der Waals surface area contributed by atoms with Gasteiger partial charge < -0.3 is 9.53 Å². The molecule has 1 saturated carbocycles. The summed E-state index contributed by atoms with van der Waals surface area (Å²) in [4.78, 5) is 16.1. The average Bonchev–Trinajstić information content (AvgIpc) is 3.60. The number of rotatable bonds is 11. The number of aromatic nitrogens is 1. The number of hydrogen-bond acceptors (Lipinski definition) is 3. The number of carbonyl (C=O) groups is 1. The van der Waals surface area contributed by atoms with E-state index in [-0.39, 0.29) is 23.6 Å². The molecular weight excluding hydrogens is 389 g/mol. The van der Waals surface area contributed by atoms with E-state index in [0.717, 1.165) is 47.9 Å². The highest BCUT2D eigenvalue weighted by Crippen LogP contribution is 2.42. The maximum Gasteiger partial charge on any atom is 0.129 e. The zero-order valence-electron chi connectivity index (χ0n) is 18.1. The van der Waals surface area contributed by atoms with Crippen LogP contribution in [0.2, 0.25) is 0 Å². The Morgan fingerprint density at radius 2 is 1.87 bits per heavy atom. The monoisotopic (exact) mass is 419 g/mol. The molecule has 162 valence electrons. The minimum atomic E-state index is -0.235. The molecule has 2 aromatic carbocycles. The lowest BCUT2D eigenvalue weighted by Crippen LogP contribution is -2.17. The highest BCUT2D eigenvalue weighted by molar-refractivity contribution is 5.82. The fourth-order valence-electron chi connectivity index (χ4n) is 4.25. The van der Waals surface area contributed by atoms with Crippen LogP contribution >= 0.6 is 0 Å². The summed E-state index contributed by atoms with van der Waals surface area (Å²) in [6.45, 7) is 2.37. The van der Waals surface area contributed by atoms with E-state index in [0.29, 0.717) is 12.3 Å². The van der Waals surface area contributed by atoms with Gasteiger partial charge in [0, 0.05) is 29.5 Å². The minimum Gasteiger partial charge on any atom is -0.373 e.